The first-order valence-corrected chi connectivity index (χ1v) is 7.17. The van der Waals surface area contributed by atoms with Gasteiger partial charge in [-0.2, -0.15) is 0 Å². The lowest BCUT2D eigenvalue weighted by molar-refractivity contribution is 0.314. The lowest BCUT2D eigenvalue weighted by Crippen LogP contribution is -2.31. The number of hydrogen-bond acceptors (Lipinski definition) is 2. The Labute approximate surface area is 111 Å². The van der Waals surface area contributed by atoms with Gasteiger partial charge in [-0.05, 0) is 63.1 Å². The summed E-state index contributed by atoms with van der Waals surface area (Å²) in [6.07, 6.45) is 4.99. The van der Waals surface area contributed by atoms with Gasteiger partial charge >= 0.3 is 0 Å². The molecular weight excluding hydrogens is 220 g/mol. The van der Waals surface area contributed by atoms with Crippen molar-refractivity contribution in [2.75, 3.05) is 6.54 Å². The van der Waals surface area contributed by atoms with Gasteiger partial charge in [0.25, 0.3) is 0 Å². The predicted molar refractivity (Wildman–Crippen MR) is 77.6 cm³/mol. The van der Waals surface area contributed by atoms with E-state index in [1.807, 2.05) is 0 Å². The van der Waals surface area contributed by atoms with E-state index in [2.05, 4.69) is 37.4 Å². The summed E-state index contributed by atoms with van der Waals surface area (Å²) in [6, 6.07) is 7.16. The summed E-state index contributed by atoms with van der Waals surface area (Å²) in [7, 11) is 0. The minimum Gasteiger partial charge on any atom is -0.328 e. The van der Waals surface area contributed by atoms with E-state index in [9.17, 15) is 0 Å². The van der Waals surface area contributed by atoms with Crippen molar-refractivity contribution < 1.29 is 0 Å². The molecule has 0 bridgehead atoms. The smallest absolute Gasteiger partial charge is 0.0208 e. The lowest BCUT2D eigenvalue weighted by Gasteiger charge is -2.26. The van der Waals surface area contributed by atoms with Crippen LogP contribution in [0.15, 0.2) is 18.2 Å². The van der Waals surface area contributed by atoms with Crippen LogP contribution in [-0.2, 0) is 6.54 Å². The van der Waals surface area contributed by atoms with E-state index in [1.165, 1.54) is 42.4 Å². The predicted octanol–water partition coefficient (Wildman–Crippen LogP) is 2.91. The zero-order chi connectivity index (χ0) is 13.0. The van der Waals surface area contributed by atoms with Crippen LogP contribution in [0, 0.1) is 19.8 Å². The second-order valence-corrected chi connectivity index (χ2v) is 5.84. The summed E-state index contributed by atoms with van der Waals surface area (Å²) < 4.78 is 0. The third kappa shape index (κ3) is 3.82. The standard InChI is InChI=1S/C16H26N2/c1-12-3-6-15(13(2)9-12)11-18-10-14-4-7-16(17)8-5-14/h3,6,9,14,16,18H,4-5,7-8,10-11,17H2,1-2H3. The van der Waals surface area contributed by atoms with Crippen LogP contribution in [0.2, 0.25) is 0 Å². The van der Waals surface area contributed by atoms with Crippen molar-refractivity contribution in [3.8, 4) is 0 Å². The summed E-state index contributed by atoms with van der Waals surface area (Å²) in [6.45, 7) is 6.48. The molecule has 0 atom stereocenters. The summed E-state index contributed by atoms with van der Waals surface area (Å²) in [5.41, 5.74) is 10.1. The first-order chi connectivity index (χ1) is 8.65. The molecule has 2 rings (SSSR count). The van der Waals surface area contributed by atoms with Crippen molar-refractivity contribution in [2.45, 2.75) is 52.1 Å². The molecule has 3 N–H and O–H groups in total. The van der Waals surface area contributed by atoms with Crippen molar-refractivity contribution in [1.29, 1.82) is 0 Å². The minimum atomic E-state index is 0.459. The number of rotatable bonds is 4. The van der Waals surface area contributed by atoms with Gasteiger partial charge in [0.15, 0.2) is 0 Å². The second kappa shape index (κ2) is 6.35. The van der Waals surface area contributed by atoms with Crippen LogP contribution in [0.1, 0.15) is 42.4 Å². The second-order valence-electron chi connectivity index (χ2n) is 5.84. The van der Waals surface area contributed by atoms with Gasteiger partial charge in [0.1, 0.15) is 0 Å². The number of nitrogens with one attached hydrogen (secondary N) is 1. The number of nitrogens with two attached hydrogens (primary N) is 1. The highest BCUT2D eigenvalue weighted by Gasteiger charge is 2.17. The molecule has 0 unspecified atom stereocenters. The number of aryl methyl sites for hydroxylation is 2. The topological polar surface area (TPSA) is 38.0 Å². The molecule has 100 valence electrons. The highest BCUT2D eigenvalue weighted by Crippen LogP contribution is 2.22. The van der Waals surface area contributed by atoms with Gasteiger partial charge in [-0.1, -0.05) is 23.8 Å². The van der Waals surface area contributed by atoms with Crippen LogP contribution in [0.4, 0.5) is 0 Å². The molecule has 0 heterocycles. The molecule has 1 aromatic rings. The first kappa shape index (κ1) is 13.6. The van der Waals surface area contributed by atoms with E-state index < -0.39 is 0 Å². The zero-order valence-corrected chi connectivity index (χ0v) is 11.7. The quantitative estimate of drug-likeness (QED) is 0.857. The lowest BCUT2D eigenvalue weighted by atomic mass is 9.86. The Morgan fingerprint density at radius 2 is 1.89 bits per heavy atom. The Bertz CT molecular complexity index is 379. The van der Waals surface area contributed by atoms with Crippen LogP contribution in [-0.4, -0.2) is 12.6 Å². The van der Waals surface area contributed by atoms with Gasteiger partial charge in [-0.3, -0.25) is 0 Å². The Kier molecular flexibility index (Phi) is 4.79. The fourth-order valence-corrected chi connectivity index (χ4v) is 2.85. The largest absolute Gasteiger partial charge is 0.328 e. The molecule has 0 spiro atoms. The van der Waals surface area contributed by atoms with Gasteiger partial charge < -0.3 is 11.1 Å². The Balaban J connectivity index is 1.75. The van der Waals surface area contributed by atoms with Crippen molar-refractivity contribution in [2.24, 2.45) is 11.7 Å². The maximum Gasteiger partial charge on any atom is 0.0208 e. The summed E-state index contributed by atoms with van der Waals surface area (Å²) >= 11 is 0. The molecule has 1 fully saturated rings. The third-order valence-corrected chi connectivity index (χ3v) is 4.14. The first-order valence-electron chi connectivity index (χ1n) is 7.17. The monoisotopic (exact) mass is 246 g/mol. The summed E-state index contributed by atoms with van der Waals surface area (Å²) in [5, 5.41) is 3.61. The molecule has 2 heteroatoms. The summed E-state index contributed by atoms with van der Waals surface area (Å²) in [5.74, 6) is 0.829. The highest BCUT2D eigenvalue weighted by molar-refractivity contribution is 5.30. The van der Waals surface area contributed by atoms with Gasteiger partial charge in [0.2, 0.25) is 0 Å². The molecule has 18 heavy (non-hydrogen) atoms. The highest BCUT2D eigenvalue weighted by atomic mass is 14.9. The van der Waals surface area contributed by atoms with Gasteiger partial charge in [0, 0.05) is 12.6 Å². The molecular formula is C16H26N2. The Morgan fingerprint density at radius 1 is 1.17 bits per heavy atom. The number of benzene rings is 1. The maximum atomic E-state index is 5.93. The molecule has 1 saturated carbocycles. The molecule has 2 nitrogen and oxygen atoms in total. The normalized spacial score (nSPS) is 24.2. The molecule has 0 saturated heterocycles. The Morgan fingerprint density at radius 3 is 2.56 bits per heavy atom. The van der Waals surface area contributed by atoms with Crippen molar-refractivity contribution in [3.63, 3.8) is 0 Å². The van der Waals surface area contributed by atoms with Crippen LogP contribution in [0.25, 0.3) is 0 Å². The van der Waals surface area contributed by atoms with Crippen molar-refractivity contribution in [1.82, 2.24) is 5.32 Å². The van der Waals surface area contributed by atoms with E-state index in [4.69, 9.17) is 5.73 Å². The maximum absolute atomic E-state index is 5.93. The average molecular weight is 246 g/mol. The van der Waals surface area contributed by atoms with Gasteiger partial charge in [0.05, 0.1) is 0 Å². The Hall–Kier alpha value is -0.860. The summed E-state index contributed by atoms with van der Waals surface area (Å²) in [4.78, 5) is 0. The molecule has 0 amide bonds. The van der Waals surface area contributed by atoms with Crippen LogP contribution in [0.3, 0.4) is 0 Å². The molecule has 1 aliphatic carbocycles. The van der Waals surface area contributed by atoms with E-state index in [0.29, 0.717) is 6.04 Å². The van der Waals surface area contributed by atoms with Gasteiger partial charge in [-0.15, -0.1) is 0 Å². The van der Waals surface area contributed by atoms with Crippen LogP contribution >= 0.6 is 0 Å². The van der Waals surface area contributed by atoms with Crippen LogP contribution < -0.4 is 11.1 Å². The van der Waals surface area contributed by atoms with E-state index >= 15 is 0 Å². The molecule has 1 aromatic carbocycles. The molecule has 0 aliphatic heterocycles. The van der Waals surface area contributed by atoms with Crippen molar-refractivity contribution >= 4 is 0 Å². The average Bonchev–Trinajstić information content (AvgIpc) is 2.34. The minimum absolute atomic E-state index is 0.459. The van der Waals surface area contributed by atoms with E-state index in [1.54, 1.807) is 0 Å². The fraction of sp³-hybridized carbons (Fsp3) is 0.625. The molecule has 0 radical (unpaired) electrons. The van der Waals surface area contributed by atoms with Gasteiger partial charge in [-0.25, -0.2) is 0 Å². The molecule has 0 aromatic heterocycles. The number of hydrogen-bond donors (Lipinski definition) is 2. The third-order valence-electron chi connectivity index (χ3n) is 4.14. The molecule has 1 aliphatic rings. The zero-order valence-electron chi connectivity index (χ0n) is 11.7. The van der Waals surface area contributed by atoms with E-state index in [0.717, 1.165) is 19.0 Å². The van der Waals surface area contributed by atoms with E-state index in [-0.39, 0.29) is 0 Å². The van der Waals surface area contributed by atoms with Crippen LogP contribution in [0.5, 0.6) is 0 Å². The SMILES string of the molecule is Cc1ccc(CNCC2CCC(N)CC2)c(C)c1. The fourth-order valence-electron chi connectivity index (χ4n) is 2.85. The van der Waals surface area contributed by atoms with Crippen molar-refractivity contribution in [3.05, 3.63) is 34.9 Å².